The quantitative estimate of drug-likeness (QED) is 0.471. The Morgan fingerprint density at radius 3 is 2.21 bits per heavy atom. The maximum atomic E-state index is 13.4. The van der Waals surface area contributed by atoms with Crippen molar-refractivity contribution >= 4 is 11.9 Å². The molecule has 33 heavy (non-hydrogen) atoms. The molecular weight excluding hydrogens is 434 g/mol. The van der Waals surface area contributed by atoms with Gasteiger partial charge in [0.05, 0.1) is 62.6 Å². The van der Waals surface area contributed by atoms with Crippen molar-refractivity contribution < 1.29 is 23.8 Å². The average molecular weight is 457 g/mol. The van der Waals surface area contributed by atoms with Gasteiger partial charge < -0.3 is 14.2 Å². The molecule has 1 spiro atoms. The fourth-order valence-corrected chi connectivity index (χ4v) is 9.44. The van der Waals surface area contributed by atoms with Gasteiger partial charge in [-0.05, 0) is 12.8 Å². The third-order valence-corrected chi connectivity index (χ3v) is 10.0. The van der Waals surface area contributed by atoms with E-state index in [0.29, 0.717) is 13.2 Å². The van der Waals surface area contributed by atoms with Crippen molar-refractivity contribution in [2.75, 3.05) is 27.4 Å². The Morgan fingerprint density at radius 2 is 1.55 bits per heavy atom. The van der Waals surface area contributed by atoms with E-state index >= 15 is 0 Å². The summed E-state index contributed by atoms with van der Waals surface area (Å²) in [5.74, 6) is -1.68. The van der Waals surface area contributed by atoms with E-state index < -0.39 is 35.0 Å². The Labute approximate surface area is 186 Å². The lowest BCUT2D eigenvalue weighted by molar-refractivity contribution is -0.226. The molecule has 8 heterocycles. The van der Waals surface area contributed by atoms with E-state index in [9.17, 15) is 19.2 Å². The average Bonchev–Trinajstić information content (AvgIpc) is 3.42. The fraction of sp³-hybridized carbons (Fsp3) is 0.714. The summed E-state index contributed by atoms with van der Waals surface area (Å²) in [5.41, 5.74) is -1.16. The van der Waals surface area contributed by atoms with Crippen LogP contribution < -0.4 is 11.4 Å². The molecule has 6 fully saturated rings. The number of methoxy groups -OCH3 is 2. The number of rotatable bonds is 2. The van der Waals surface area contributed by atoms with E-state index in [1.165, 1.54) is 21.3 Å². The second-order valence-electron chi connectivity index (χ2n) is 10.4. The van der Waals surface area contributed by atoms with Crippen LogP contribution in [0.3, 0.4) is 0 Å². The van der Waals surface area contributed by atoms with Gasteiger partial charge in [-0.3, -0.25) is 5.01 Å². The number of hydrogen-bond acceptors (Lipinski definition) is 9. The first-order valence-corrected chi connectivity index (χ1v) is 11.3. The Balaban J connectivity index is 1.56. The van der Waals surface area contributed by atoms with Crippen molar-refractivity contribution in [3.8, 4) is 0 Å². The maximum absolute atomic E-state index is 13.4. The van der Waals surface area contributed by atoms with Crippen LogP contribution in [0.25, 0.3) is 0 Å². The van der Waals surface area contributed by atoms with Crippen LogP contribution in [0.15, 0.2) is 20.9 Å². The Morgan fingerprint density at radius 1 is 0.939 bits per heavy atom. The number of hydrogen-bond donors (Lipinski definition) is 0. The number of hydrazine groups is 1. The minimum Gasteiger partial charge on any atom is -0.466 e. The van der Waals surface area contributed by atoms with E-state index in [1.807, 2.05) is 5.01 Å². The first-order valence-electron chi connectivity index (χ1n) is 11.3. The zero-order chi connectivity index (χ0) is 22.8. The van der Waals surface area contributed by atoms with Gasteiger partial charge in [-0.1, -0.05) is 0 Å². The number of fused-ring (bicyclic) bond motifs is 1. The van der Waals surface area contributed by atoms with Crippen LogP contribution in [0.1, 0.15) is 24.9 Å². The van der Waals surface area contributed by atoms with Gasteiger partial charge in [-0.15, -0.1) is 0 Å². The summed E-state index contributed by atoms with van der Waals surface area (Å²) >= 11 is 0. The predicted octanol–water partition coefficient (Wildman–Crippen LogP) is -1.86. The summed E-state index contributed by atoms with van der Waals surface area (Å²) in [7, 11) is 4.10. The number of carbonyl (C=O) groups excluding carboxylic acids is 2. The Kier molecular flexibility index (Phi) is 2.88. The highest BCUT2D eigenvalue weighted by molar-refractivity contribution is 6.01. The van der Waals surface area contributed by atoms with Crippen LogP contribution >= 0.6 is 0 Å². The molecule has 9 aliphatic rings. The van der Waals surface area contributed by atoms with Crippen molar-refractivity contribution in [2.24, 2.45) is 23.8 Å². The molecule has 10 rings (SSSR count). The van der Waals surface area contributed by atoms with Gasteiger partial charge in [0.25, 0.3) is 0 Å². The highest BCUT2D eigenvalue weighted by Gasteiger charge is 2.91. The predicted molar refractivity (Wildman–Crippen MR) is 107 cm³/mol. The molecule has 174 valence electrons. The zero-order valence-corrected chi connectivity index (χ0v) is 18.4. The third-order valence-electron chi connectivity index (χ3n) is 10.0. The molecule has 2 saturated carbocycles. The Bertz CT molecular complexity index is 1360. The molecule has 0 N–H and O–H groups in total. The second kappa shape index (κ2) is 5.12. The first kappa shape index (κ1) is 18.6. The van der Waals surface area contributed by atoms with Gasteiger partial charge in [0.1, 0.15) is 5.70 Å². The van der Waals surface area contributed by atoms with Crippen molar-refractivity contribution in [3.63, 3.8) is 0 Å². The molecule has 12 heteroatoms. The van der Waals surface area contributed by atoms with E-state index in [1.54, 1.807) is 9.36 Å². The van der Waals surface area contributed by atoms with Gasteiger partial charge in [-0.25, -0.2) is 38.1 Å². The SMILES string of the molecule is COC(=O)C1=C(C(=O)OC)N2C3CCC4N2C2C1C1n5c(=O)n(C)c(=O)n5C2C42COCC312. The molecule has 0 amide bonds. The third kappa shape index (κ3) is 1.42. The molecule has 1 aromatic rings. The summed E-state index contributed by atoms with van der Waals surface area (Å²) in [4.78, 5) is 53.2. The highest BCUT2D eigenvalue weighted by Crippen LogP contribution is 2.82. The minimum absolute atomic E-state index is 0.0438. The van der Waals surface area contributed by atoms with Crippen molar-refractivity contribution in [3.05, 3.63) is 32.2 Å². The summed E-state index contributed by atoms with van der Waals surface area (Å²) in [6.07, 6.45) is 1.71. The fourth-order valence-electron chi connectivity index (χ4n) is 9.44. The van der Waals surface area contributed by atoms with Crippen LogP contribution in [-0.2, 0) is 30.8 Å². The smallest absolute Gasteiger partial charge is 0.356 e. The maximum Gasteiger partial charge on any atom is 0.356 e. The van der Waals surface area contributed by atoms with Gasteiger partial charge in [0.15, 0.2) is 0 Å². The normalized spacial score (nSPS) is 44.6. The second-order valence-corrected chi connectivity index (χ2v) is 10.4. The lowest BCUT2D eigenvalue weighted by Crippen LogP contribution is -2.76. The first-order chi connectivity index (χ1) is 15.9. The van der Waals surface area contributed by atoms with Crippen molar-refractivity contribution in [1.29, 1.82) is 0 Å². The topological polar surface area (TPSA) is 117 Å². The molecule has 12 nitrogen and oxygen atoms in total. The molecule has 0 radical (unpaired) electrons. The molecule has 1 aromatic heterocycles. The molecule has 2 aliphatic carbocycles. The van der Waals surface area contributed by atoms with Crippen molar-refractivity contribution in [1.82, 2.24) is 23.9 Å². The summed E-state index contributed by atoms with van der Waals surface area (Å²) in [6.45, 7) is 0.918. The number of carbonyl (C=O) groups is 2. The molecule has 8 atom stereocenters. The van der Waals surface area contributed by atoms with Gasteiger partial charge >= 0.3 is 23.3 Å². The minimum atomic E-state index is -0.597. The molecule has 0 aromatic carbocycles. The largest absolute Gasteiger partial charge is 0.466 e. The van der Waals surface area contributed by atoms with Crippen LogP contribution in [-0.4, -0.2) is 81.4 Å². The molecular formula is C21H23N5O7. The van der Waals surface area contributed by atoms with Gasteiger partial charge in [-0.2, -0.15) is 0 Å². The van der Waals surface area contributed by atoms with E-state index in [4.69, 9.17) is 14.2 Å². The molecule has 4 saturated heterocycles. The van der Waals surface area contributed by atoms with Crippen LogP contribution in [0.4, 0.5) is 0 Å². The van der Waals surface area contributed by atoms with E-state index in [-0.39, 0.29) is 46.5 Å². The molecule has 8 unspecified atom stereocenters. The monoisotopic (exact) mass is 457 g/mol. The van der Waals surface area contributed by atoms with Crippen LogP contribution in [0.2, 0.25) is 0 Å². The Hall–Kier alpha value is -2.86. The number of aromatic nitrogens is 3. The molecule has 7 aliphatic heterocycles. The van der Waals surface area contributed by atoms with Crippen LogP contribution in [0, 0.1) is 16.7 Å². The van der Waals surface area contributed by atoms with Gasteiger partial charge in [0, 0.05) is 24.4 Å². The summed E-state index contributed by atoms with van der Waals surface area (Å²) in [6, 6.07) is -1.20. The molecule has 7 bridgehead atoms. The van der Waals surface area contributed by atoms with Gasteiger partial charge in [0.2, 0.25) is 0 Å². The van der Waals surface area contributed by atoms with E-state index in [2.05, 4.69) is 5.01 Å². The standard InChI is InChI=1S/C21H23N5O7/c1-22-18(29)25-14-10-11(16(27)31-2)13(17(28)32-3)24-8-4-5-9-21(7-33-6-20(8,14)21)15(12(10)23(9)24)26(25)19(22)30/h8-10,12,14-15H,4-7H2,1-3H3. The number of nitrogens with zero attached hydrogens (tertiary/aromatic N) is 5. The van der Waals surface area contributed by atoms with E-state index in [0.717, 1.165) is 17.4 Å². The lowest BCUT2D eigenvalue weighted by atomic mass is 9.43. The summed E-state index contributed by atoms with van der Waals surface area (Å²) < 4.78 is 20.9. The number of esters is 2. The highest BCUT2D eigenvalue weighted by atomic mass is 16.5. The van der Waals surface area contributed by atoms with Crippen LogP contribution in [0.5, 0.6) is 0 Å². The lowest BCUT2D eigenvalue weighted by Gasteiger charge is -2.67. The van der Waals surface area contributed by atoms with Crippen molar-refractivity contribution in [2.45, 2.75) is 43.1 Å². The number of ether oxygens (including phenoxy) is 3. The summed E-state index contributed by atoms with van der Waals surface area (Å²) in [5, 5.41) is 4.21. The zero-order valence-electron chi connectivity index (χ0n) is 18.4.